The molecule has 0 unspecified atom stereocenters. The fraction of sp³-hybridized carbons (Fsp3) is 0.286. The van der Waals surface area contributed by atoms with Crippen LogP contribution in [0.15, 0.2) is 23.0 Å². The van der Waals surface area contributed by atoms with E-state index in [0.717, 1.165) is 30.5 Å². The van der Waals surface area contributed by atoms with Gasteiger partial charge in [-0.2, -0.15) is 0 Å². The van der Waals surface area contributed by atoms with E-state index in [1.165, 1.54) is 0 Å². The number of aromatic nitrogens is 2. The summed E-state index contributed by atoms with van der Waals surface area (Å²) in [7, 11) is 0. The Morgan fingerprint density at radius 3 is 2.90 bits per heavy atom. The fourth-order valence-corrected chi connectivity index (χ4v) is 2.64. The zero-order chi connectivity index (χ0) is 14.1. The molecule has 0 saturated carbocycles. The molecule has 0 fully saturated rings. The van der Waals surface area contributed by atoms with Crippen LogP contribution >= 0.6 is 23.2 Å². The summed E-state index contributed by atoms with van der Waals surface area (Å²) < 4.78 is 0. The van der Waals surface area contributed by atoms with E-state index in [1.54, 1.807) is 12.1 Å². The highest BCUT2D eigenvalue weighted by Gasteiger charge is 2.15. The van der Waals surface area contributed by atoms with Crippen molar-refractivity contribution in [2.24, 2.45) is 0 Å². The summed E-state index contributed by atoms with van der Waals surface area (Å²) in [5.74, 6) is 1.33. The van der Waals surface area contributed by atoms with E-state index in [2.05, 4.69) is 15.3 Å². The van der Waals surface area contributed by atoms with Gasteiger partial charge in [0.1, 0.15) is 11.6 Å². The average Bonchev–Trinajstić information content (AvgIpc) is 2.43. The van der Waals surface area contributed by atoms with Crippen molar-refractivity contribution in [3.63, 3.8) is 0 Å². The molecule has 1 aromatic heterocycles. The van der Waals surface area contributed by atoms with Gasteiger partial charge in [0.05, 0.1) is 15.6 Å². The van der Waals surface area contributed by atoms with Crippen LogP contribution in [0, 0.1) is 0 Å². The highest BCUT2D eigenvalue weighted by molar-refractivity contribution is 6.42. The first-order valence-electron chi connectivity index (χ1n) is 6.43. The number of nitrogens with one attached hydrogen (secondary N) is 2. The number of nitrogens with zero attached hydrogens (tertiary/aromatic N) is 1. The minimum Gasteiger partial charge on any atom is -0.370 e. The van der Waals surface area contributed by atoms with Gasteiger partial charge in [-0.1, -0.05) is 29.3 Å². The van der Waals surface area contributed by atoms with Gasteiger partial charge in [-0.25, -0.2) is 4.98 Å². The number of rotatable bonds is 2. The van der Waals surface area contributed by atoms with Crippen molar-refractivity contribution in [1.82, 2.24) is 9.97 Å². The fourth-order valence-electron chi connectivity index (χ4n) is 2.32. The van der Waals surface area contributed by atoms with Crippen LogP contribution in [0.2, 0.25) is 10.0 Å². The monoisotopic (exact) mass is 309 g/mol. The maximum absolute atomic E-state index is 12.0. The average molecular weight is 310 g/mol. The Hall–Kier alpha value is -1.52. The highest BCUT2D eigenvalue weighted by atomic mass is 35.5. The molecule has 6 heteroatoms. The minimum absolute atomic E-state index is 0.0581. The highest BCUT2D eigenvalue weighted by Crippen LogP contribution is 2.23. The Balaban J connectivity index is 1.93. The number of H-pyrrole nitrogens is 1. The van der Waals surface area contributed by atoms with E-state index in [9.17, 15) is 4.79 Å². The number of benzene rings is 1. The molecule has 4 nitrogen and oxygen atoms in total. The van der Waals surface area contributed by atoms with Crippen LogP contribution in [0.1, 0.15) is 23.4 Å². The third-order valence-corrected chi connectivity index (χ3v) is 4.06. The molecule has 2 N–H and O–H groups in total. The number of hydrogen-bond acceptors (Lipinski definition) is 3. The zero-order valence-corrected chi connectivity index (χ0v) is 12.2. The Morgan fingerprint density at radius 1 is 1.25 bits per heavy atom. The number of anilines is 1. The third-order valence-electron chi connectivity index (χ3n) is 3.32. The van der Waals surface area contributed by atoms with E-state index in [0.29, 0.717) is 28.1 Å². The summed E-state index contributed by atoms with van der Waals surface area (Å²) in [6, 6.07) is 5.41. The van der Waals surface area contributed by atoms with Crippen molar-refractivity contribution in [1.29, 1.82) is 0 Å². The standard InChI is InChI=1S/C14H13Cl2N3O/c15-10-4-3-8(6-11(10)16)7-12-18-13-9(14(20)19-12)2-1-5-17-13/h3-4,6H,1-2,5,7H2,(H2,17,18,19,20). The summed E-state index contributed by atoms with van der Waals surface area (Å²) in [4.78, 5) is 19.3. The minimum atomic E-state index is -0.0581. The van der Waals surface area contributed by atoms with E-state index < -0.39 is 0 Å². The molecule has 104 valence electrons. The van der Waals surface area contributed by atoms with E-state index in [1.807, 2.05) is 6.07 Å². The lowest BCUT2D eigenvalue weighted by Gasteiger charge is -2.16. The quantitative estimate of drug-likeness (QED) is 0.896. The predicted octanol–water partition coefficient (Wildman–Crippen LogP) is 3.03. The smallest absolute Gasteiger partial charge is 0.256 e. The molecule has 0 spiro atoms. The molecular weight excluding hydrogens is 297 g/mol. The van der Waals surface area contributed by atoms with E-state index in [4.69, 9.17) is 23.2 Å². The molecule has 1 aliphatic rings. The summed E-state index contributed by atoms with van der Waals surface area (Å²) in [6.45, 7) is 0.857. The van der Waals surface area contributed by atoms with Gasteiger partial charge in [-0.15, -0.1) is 0 Å². The maximum atomic E-state index is 12.0. The van der Waals surface area contributed by atoms with Crippen molar-refractivity contribution < 1.29 is 0 Å². The molecule has 0 radical (unpaired) electrons. The molecule has 2 aromatic rings. The maximum Gasteiger partial charge on any atom is 0.256 e. The van der Waals surface area contributed by atoms with Gasteiger partial charge >= 0.3 is 0 Å². The van der Waals surface area contributed by atoms with Gasteiger partial charge in [0.15, 0.2) is 0 Å². The van der Waals surface area contributed by atoms with Crippen molar-refractivity contribution in [3.05, 3.63) is 55.5 Å². The van der Waals surface area contributed by atoms with Gasteiger partial charge in [-0.05, 0) is 30.5 Å². The summed E-state index contributed by atoms with van der Waals surface area (Å²) >= 11 is 11.9. The van der Waals surface area contributed by atoms with Crippen molar-refractivity contribution in [2.45, 2.75) is 19.3 Å². The molecule has 0 atom stereocenters. The third kappa shape index (κ3) is 2.67. The molecule has 20 heavy (non-hydrogen) atoms. The second-order valence-corrected chi connectivity index (χ2v) is 5.61. The number of hydrogen-bond donors (Lipinski definition) is 2. The second-order valence-electron chi connectivity index (χ2n) is 4.80. The lowest BCUT2D eigenvalue weighted by atomic mass is 10.1. The molecule has 2 heterocycles. The molecule has 0 aliphatic carbocycles. The molecule has 3 rings (SSSR count). The van der Waals surface area contributed by atoms with Crippen molar-refractivity contribution >= 4 is 29.0 Å². The van der Waals surface area contributed by atoms with Crippen LogP contribution in [0.3, 0.4) is 0 Å². The van der Waals surface area contributed by atoms with Gasteiger partial charge in [0.25, 0.3) is 5.56 Å². The topological polar surface area (TPSA) is 57.8 Å². The number of aromatic amines is 1. The molecule has 0 bridgehead atoms. The predicted molar refractivity (Wildman–Crippen MR) is 80.9 cm³/mol. The Morgan fingerprint density at radius 2 is 2.10 bits per heavy atom. The Bertz CT molecular complexity index is 712. The number of halogens is 2. The van der Waals surface area contributed by atoms with Gasteiger partial charge in [0, 0.05) is 13.0 Å². The SMILES string of the molecule is O=c1[nH]c(Cc2ccc(Cl)c(Cl)c2)nc2c1CCCN2. The first-order chi connectivity index (χ1) is 9.63. The van der Waals surface area contributed by atoms with Crippen molar-refractivity contribution in [3.8, 4) is 0 Å². The molecular formula is C14H13Cl2N3O. The lowest BCUT2D eigenvalue weighted by Crippen LogP contribution is -2.25. The van der Waals surface area contributed by atoms with E-state index >= 15 is 0 Å². The zero-order valence-electron chi connectivity index (χ0n) is 10.7. The van der Waals surface area contributed by atoms with Crippen LogP contribution < -0.4 is 10.9 Å². The molecule has 0 amide bonds. The summed E-state index contributed by atoms with van der Waals surface area (Å²) in [5, 5.41) is 4.19. The largest absolute Gasteiger partial charge is 0.370 e. The Labute approximate surface area is 126 Å². The van der Waals surface area contributed by atoms with Crippen LogP contribution in [0.25, 0.3) is 0 Å². The van der Waals surface area contributed by atoms with Gasteiger partial charge < -0.3 is 10.3 Å². The Kier molecular flexibility index (Phi) is 3.68. The normalized spacial score (nSPS) is 13.7. The van der Waals surface area contributed by atoms with Crippen LogP contribution in [0.5, 0.6) is 0 Å². The summed E-state index contributed by atoms with van der Waals surface area (Å²) in [6.07, 6.45) is 2.25. The summed E-state index contributed by atoms with van der Waals surface area (Å²) in [5.41, 5.74) is 1.64. The number of fused-ring (bicyclic) bond motifs is 1. The van der Waals surface area contributed by atoms with E-state index in [-0.39, 0.29) is 5.56 Å². The van der Waals surface area contributed by atoms with Gasteiger partial charge in [0.2, 0.25) is 0 Å². The van der Waals surface area contributed by atoms with Crippen LogP contribution in [-0.2, 0) is 12.8 Å². The molecule has 1 aromatic carbocycles. The lowest BCUT2D eigenvalue weighted by molar-refractivity contribution is 0.783. The molecule has 1 aliphatic heterocycles. The first-order valence-corrected chi connectivity index (χ1v) is 7.19. The van der Waals surface area contributed by atoms with Crippen LogP contribution in [0.4, 0.5) is 5.82 Å². The molecule has 0 saturated heterocycles. The first kappa shape index (κ1) is 13.5. The van der Waals surface area contributed by atoms with Crippen molar-refractivity contribution in [2.75, 3.05) is 11.9 Å². The van der Waals surface area contributed by atoms with Crippen LogP contribution in [-0.4, -0.2) is 16.5 Å². The van der Waals surface area contributed by atoms with Gasteiger partial charge in [-0.3, -0.25) is 4.79 Å². The second kappa shape index (κ2) is 5.46.